The van der Waals surface area contributed by atoms with Gasteiger partial charge in [0.25, 0.3) is 0 Å². The molecule has 3 aromatic rings. The molecule has 200 valence electrons. The minimum absolute atomic E-state index is 0.0187. The highest BCUT2D eigenvalue weighted by molar-refractivity contribution is 6.30. The zero-order chi connectivity index (χ0) is 26.8. The molecule has 1 aromatic heterocycles. The predicted octanol–water partition coefficient (Wildman–Crippen LogP) is 5.93. The van der Waals surface area contributed by atoms with E-state index in [1.165, 1.54) is 13.2 Å². The van der Waals surface area contributed by atoms with Crippen molar-refractivity contribution in [1.29, 1.82) is 0 Å². The van der Waals surface area contributed by atoms with E-state index in [-0.39, 0.29) is 30.4 Å². The molecule has 0 saturated carbocycles. The SMILES string of the molecule is COc1c(F)cccc1[C@H]1O[C@H](CCC(=O)N2CCC(CC(=O)O)CC2)c2cccn2-c2ccc(Cl)cc21. The Labute approximate surface area is 225 Å². The largest absolute Gasteiger partial charge is 0.493 e. The molecule has 2 aromatic carbocycles. The van der Waals surface area contributed by atoms with Gasteiger partial charge in [0.05, 0.1) is 24.6 Å². The Morgan fingerprint density at radius 1 is 1.13 bits per heavy atom. The average molecular weight is 541 g/mol. The maximum absolute atomic E-state index is 14.7. The van der Waals surface area contributed by atoms with Gasteiger partial charge in [-0.1, -0.05) is 23.7 Å². The third-order valence-electron chi connectivity index (χ3n) is 7.48. The fourth-order valence-electron chi connectivity index (χ4n) is 5.59. The Morgan fingerprint density at radius 2 is 1.92 bits per heavy atom. The molecule has 1 saturated heterocycles. The van der Waals surface area contributed by atoms with Gasteiger partial charge < -0.3 is 24.0 Å². The van der Waals surface area contributed by atoms with Crippen LogP contribution in [0, 0.1) is 11.7 Å². The van der Waals surface area contributed by atoms with Crippen molar-refractivity contribution in [3.63, 3.8) is 0 Å². The van der Waals surface area contributed by atoms with Gasteiger partial charge in [-0.2, -0.15) is 0 Å². The second kappa shape index (κ2) is 11.2. The van der Waals surface area contributed by atoms with Crippen molar-refractivity contribution in [2.75, 3.05) is 20.2 Å². The van der Waals surface area contributed by atoms with Gasteiger partial charge in [0.15, 0.2) is 11.6 Å². The number of aliphatic carboxylic acids is 1. The lowest BCUT2D eigenvalue weighted by atomic mass is 9.93. The van der Waals surface area contributed by atoms with Crippen molar-refractivity contribution in [2.45, 2.75) is 44.3 Å². The standard InChI is InChI=1S/C29H30ClFN2O5/c1-37-29-20(4-2-5-22(29)31)28-21-17-19(30)7-8-23(21)33-13-3-6-24(33)25(38-28)9-10-26(34)32-14-11-18(12-15-32)16-27(35)36/h2-8,13,17-18,25,28H,9-12,14-16H2,1H3,(H,35,36)/t25-,28-/m1/s1. The summed E-state index contributed by atoms with van der Waals surface area (Å²) < 4.78 is 28.9. The lowest BCUT2D eigenvalue weighted by Crippen LogP contribution is -2.39. The second-order valence-electron chi connectivity index (χ2n) is 9.83. The lowest BCUT2D eigenvalue weighted by Gasteiger charge is -2.32. The number of para-hydroxylation sites is 1. The molecular weight excluding hydrogens is 511 g/mol. The van der Waals surface area contributed by atoms with Crippen molar-refractivity contribution in [1.82, 2.24) is 9.47 Å². The van der Waals surface area contributed by atoms with Crippen LogP contribution in [0.4, 0.5) is 4.39 Å². The van der Waals surface area contributed by atoms with Crippen LogP contribution >= 0.6 is 11.6 Å². The smallest absolute Gasteiger partial charge is 0.303 e. The van der Waals surface area contributed by atoms with Crippen LogP contribution < -0.4 is 4.74 Å². The van der Waals surface area contributed by atoms with E-state index in [0.29, 0.717) is 42.9 Å². The molecule has 38 heavy (non-hydrogen) atoms. The van der Waals surface area contributed by atoms with Gasteiger partial charge in [0.1, 0.15) is 6.10 Å². The molecule has 1 fully saturated rings. The second-order valence-corrected chi connectivity index (χ2v) is 10.3. The highest BCUT2D eigenvalue weighted by Crippen LogP contribution is 2.45. The van der Waals surface area contributed by atoms with Crippen molar-refractivity contribution in [3.05, 3.63) is 82.4 Å². The zero-order valence-corrected chi connectivity index (χ0v) is 21.9. The number of carboxylic acid groups (broad SMARTS) is 1. The number of amides is 1. The summed E-state index contributed by atoms with van der Waals surface area (Å²) >= 11 is 6.40. The maximum Gasteiger partial charge on any atom is 0.303 e. The predicted molar refractivity (Wildman–Crippen MR) is 140 cm³/mol. The lowest BCUT2D eigenvalue weighted by molar-refractivity contribution is -0.138. The summed E-state index contributed by atoms with van der Waals surface area (Å²) in [5.74, 6) is -1.05. The van der Waals surface area contributed by atoms with Crippen LogP contribution in [0.1, 0.15) is 61.1 Å². The molecule has 3 heterocycles. The van der Waals surface area contributed by atoms with E-state index in [4.69, 9.17) is 26.2 Å². The van der Waals surface area contributed by atoms with Crippen LogP contribution in [0.15, 0.2) is 54.7 Å². The fourth-order valence-corrected chi connectivity index (χ4v) is 5.77. The van der Waals surface area contributed by atoms with E-state index in [0.717, 1.165) is 16.9 Å². The summed E-state index contributed by atoms with van der Waals surface area (Å²) in [6.07, 6.45) is 3.03. The number of hydrogen-bond acceptors (Lipinski definition) is 4. The number of likely N-dealkylation sites (tertiary alicyclic amines) is 1. The highest BCUT2D eigenvalue weighted by Gasteiger charge is 2.33. The number of benzene rings is 2. The summed E-state index contributed by atoms with van der Waals surface area (Å²) in [5.41, 5.74) is 3.06. The molecule has 5 rings (SSSR count). The molecular formula is C29H30ClFN2O5. The van der Waals surface area contributed by atoms with Crippen LogP contribution in [0.25, 0.3) is 5.69 Å². The van der Waals surface area contributed by atoms with E-state index < -0.39 is 24.0 Å². The molecule has 0 radical (unpaired) electrons. The van der Waals surface area contributed by atoms with Crippen LogP contribution in [-0.2, 0) is 14.3 Å². The van der Waals surface area contributed by atoms with Gasteiger partial charge in [0.2, 0.25) is 5.91 Å². The van der Waals surface area contributed by atoms with Gasteiger partial charge in [0, 0.05) is 48.3 Å². The number of carbonyl (C=O) groups is 2. The van der Waals surface area contributed by atoms with E-state index >= 15 is 0 Å². The molecule has 2 aliphatic heterocycles. The fraction of sp³-hybridized carbons (Fsp3) is 0.379. The van der Waals surface area contributed by atoms with E-state index in [1.807, 2.05) is 46.0 Å². The monoisotopic (exact) mass is 540 g/mol. The number of fused-ring (bicyclic) bond motifs is 3. The minimum Gasteiger partial charge on any atom is -0.493 e. The van der Waals surface area contributed by atoms with Crippen molar-refractivity contribution < 1.29 is 28.6 Å². The summed E-state index contributed by atoms with van der Waals surface area (Å²) in [5, 5.41) is 9.58. The molecule has 0 unspecified atom stereocenters. The molecule has 1 amide bonds. The number of nitrogens with zero attached hydrogens (tertiary/aromatic N) is 2. The first-order valence-electron chi connectivity index (χ1n) is 12.8. The molecule has 0 aliphatic carbocycles. The molecule has 1 N–H and O–H groups in total. The molecule has 0 spiro atoms. The number of carboxylic acids is 1. The van der Waals surface area contributed by atoms with Gasteiger partial charge >= 0.3 is 5.97 Å². The van der Waals surface area contributed by atoms with Crippen molar-refractivity contribution in [3.8, 4) is 11.4 Å². The van der Waals surface area contributed by atoms with E-state index in [9.17, 15) is 14.0 Å². The number of methoxy groups -OCH3 is 1. The topological polar surface area (TPSA) is 81.0 Å². The van der Waals surface area contributed by atoms with Crippen molar-refractivity contribution in [2.24, 2.45) is 5.92 Å². The Morgan fingerprint density at radius 3 is 2.66 bits per heavy atom. The van der Waals surface area contributed by atoms with E-state index in [2.05, 4.69) is 0 Å². The first kappa shape index (κ1) is 26.3. The third kappa shape index (κ3) is 5.28. The van der Waals surface area contributed by atoms with Gasteiger partial charge in [-0.3, -0.25) is 9.59 Å². The first-order valence-corrected chi connectivity index (χ1v) is 13.2. The maximum atomic E-state index is 14.7. The van der Waals surface area contributed by atoms with Crippen LogP contribution in [0.3, 0.4) is 0 Å². The number of halogens is 2. The Balaban J connectivity index is 1.41. The number of rotatable bonds is 7. The number of aromatic nitrogens is 1. The number of carbonyl (C=O) groups excluding carboxylic acids is 1. The first-order chi connectivity index (χ1) is 18.4. The Kier molecular flexibility index (Phi) is 7.72. The minimum atomic E-state index is -0.796. The quantitative estimate of drug-likeness (QED) is 0.401. The van der Waals surface area contributed by atoms with Gasteiger partial charge in [-0.15, -0.1) is 0 Å². The van der Waals surface area contributed by atoms with Crippen LogP contribution in [0.2, 0.25) is 5.02 Å². The molecule has 2 atom stereocenters. The average Bonchev–Trinajstić information content (AvgIpc) is 3.34. The summed E-state index contributed by atoms with van der Waals surface area (Å²) in [4.78, 5) is 26.0. The Bertz CT molecular complexity index is 1330. The van der Waals surface area contributed by atoms with Crippen LogP contribution in [0.5, 0.6) is 5.75 Å². The zero-order valence-electron chi connectivity index (χ0n) is 21.1. The van der Waals surface area contributed by atoms with Crippen LogP contribution in [-0.4, -0.2) is 46.6 Å². The number of hydrogen-bond donors (Lipinski definition) is 1. The normalized spacial score (nSPS) is 19.4. The summed E-state index contributed by atoms with van der Waals surface area (Å²) in [7, 11) is 1.43. The molecule has 2 aliphatic rings. The van der Waals surface area contributed by atoms with E-state index in [1.54, 1.807) is 12.1 Å². The summed E-state index contributed by atoms with van der Waals surface area (Å²) in [6.45, 7) is 1.12. The number of piperidine rings is 1. The Hall–Kier alpha value is -3.36. The van der Waals surface area contributed by atoms with Crippen molar-refractivity contribution >= 4 is 23.5 Å². The molecule has 0 bridgehead atoms. The van der Waals surface area contributed by atoms with Gasteiger partial charge in [-0.25, -0.2) is 4.39 Å². The molecule has 9 heteroatoms. The summed E-state index contributed by atoms with van der Waals surface area (Å²) in [6, 6.07) is 14.2. The number of ether oxygens (including phenoxy) is 2. The third-order valence-corrected chi connectivity index (χ3v) is 7.71. The van der Waals surface area contributed by atoms with Gasteiger partial charge in [-0.05, 0) is 61.6 Å². The highest BCUT2D eigenvalue weighted by atomic mass is 35.5. The molecule has 7 nitrogen and oxygen atoms in total.